The van der Waals surface area contributed by atoms with Crippen LogP contribution in [0.1, 0.15) is 34.5 Å². The number of furan rings is 1. The van der Waals surface area contributed by atoms with Crippen molar-refractivity contribution in [3.63, 3.8) is 0 Å². The summed E-state index contributed by atoms with van der Waals surface area (Å²) < 4.78 is 5.67. The number of halogens is 1. The molecular weight excluding hydrogens is 288 g/mol. The third-order valence-electron chi connectivity index (χ3n) is 3.99. The van der Waals surface area contributed by atoms with E-state index in [-0.39, 0.29) is 24.4 Å². The summed E-state index contributed by atoms with van der Waals surface area (Å²) in [7, 11) is 0. The SMILES string of the molecule is Cc1cc2cc(C(=O)NC3CCCNC3)oc2cc1C.Cl. The highest BCUT2D eigenvalue weighted by molar-refractivity contribution is 5.96. The second kappa shape index (κ2) is 6.50. The summed E-state index contributed by atoms with van der Waals surface area (Å²) in [4.78, 5) is 12.2. The predicted molar refractivity (Wildman–Crippen MR) is 86.3 cm³/mol. The second-order valence-electron chi connectivity index (χ2n) is 5.60. The third kappa shape index (κ3) is 3.39. The number of rotatable bonds is 2. The number of benzene rings is 1. The van der Waals surface area contributed by atoms with Gasteiger partial charge in [0, 0.05) is 18.0 Å². The molecule has 1 fully saturated rings. The van der Waals surface area contributed by atoms with Gasteiger partial charge in [0.05, 0.1) is 0 Å². The average molecular weight is 309 g/mol. The summed E-state index contributed by atoms with van der Waals surface area (Å²) in [5.74, 6) is 0.278. The van der Waals surface area contributed by atoms with Crippen molar-refractivity contribution in [2.75, 3.05) is 13.1 Å². The molecule has 4 nitrogen and oxygen atoms in total. The molecule has 3 rings (SSSR count). The lowest BCUT2D eigenvalue weighted by atomic mass is 10.1. The van der Waals surface area contributed by atoms with Crippen LogP contribution in [-0.2, 0) is 0 Å². The summed E-state index contributed by atoms with van der Waals surface area (Å²) in [6.07, 6.45) is 2.13. The number of piperidine rings is 1. The Hall–Kier alpha value is -1.52. The molecular formula is C16H21ClN2O2. The zero-order valence-electron chi connectivity index (χ0n) is 12.4. The van der Waals surface area contributed by atoms with Crippen LogP contribution in [-0.4, -0.2) is 25.0 Å². The third-order valence-corrected chi connectivity index (χ3v) is 3.99. The summed E-state index contributed by atoms with van der Waals surface area (Å²) in [5.41, 5.74) is 3.16. The molecule has 0 aliphatic carbocycles. The zero-order chi connectivity index (χ0) is 14.1. The highest BCUT2D eigenvalue weighted by Gasteiger charge is 2.19. The standard InChI is InChI=1S/C16H20N2O2.ClH/c1-10-6-12-8-15(20-14(12)7-11(10)2)16(19)18-13-4-3-5-17-9-13;/h6-8,13,17H,3-5,9H2,1-2H3,(H,18,19);1H. The Kier molecular flexibility index (Phi) is 4.91. The molecule has 2 aromatic rings. The Morgan fingerprint density at radius 3 is 2.76 bits per heavy atom. The van der Waals surface area contributed by atoms with Crippen molar-refractivity contribution in [1.29, 1.82) is 0 Å². The molecule has 0 spiro atoms. The van der Waals surface area contributed by atoms with E-state index in [1.807, 2.05) is 19.1 Å². The number of nitrogens with one attached hydrogen (secondary N) is 2. The monoisotopic (exact) mass is 308 g/mol. The molecule has 114 valence electrons. The van der Waals surface area contributed by atoms with Gasteiger partial charge in [0.2, 0.25) is 0 Å². The Morgan fingerprint density at radius 1 is 1.29 bits per heavy atom. The van der Waals surface area contributed by atoms with E-state index in [4.69, 9.17) is 4.42 Å². The minimum Gasteiger partial charge on any atom is -0.451 e. The summed E-state index contributed by atoms with van der Waals surface area (Å²) >= 11 is 0. The smallest absolute Gasteiger partial charge is 0.287 e. The highest BCUT2D eigenvalue weighted by Crippen LogP contribution is 2.23. The largest absolute Gasteiger partial charge is 0.451 e. The van der Waals surface area contributed by atoms with E-state index < -0.39 is 0 Å². The number of hydrogen-bond donors (Lipinski definition) is 2. The normalized spacial score (nSPS) is 18.3. The number of hydrogen-bond acceptors (Lipinski definition) is 3. The molecule has 1 aliphatic heterocycles. The minimum absolute atomic E-state index is 0. The number of carbonyl (C=O) groups is 1. The van der Waals surface area contributed by atoms with Gasteiger partial charge >= 0.3 is 0 Å². The van der Waals surface area contributed by atoms with Crippen LogP contribution >= 0.6 is 12.4 Å². The van der Waals surface area contributed by atoms with Crippen molar-refractivity contribution >= 4 is 29.3 Å². The van der Waals surface area contributed by atoms with E-state index in [9.17, 15) is 4.79 Å². The van der Waals surface area contributed by atoms with Gasteiger partial charge in [-0.05, 0) is 62.6 Å². The fraction of sp³-hybridized carbons (Fsp3) is 0.438. The maximum atomic E-state index is 12.2. The molecule has 0 saturated carbocycles. The molecule has 1 aromatic carbocycles. The summed E-state index contributed by atoms with van der Waals surface area (Å²) in [6.45, 7) is 5.99. The van der Waals surface area contributed by atoms with Crippen molar-refractivity contribution in [2.45, 2.75) is 32.7 Å². The quantitative estimate of drug-likeness (QED) is 0.897. The van der Waals surface area contributed by atoms with Crippen LogP contribution in [0, 0.1) is 13.8 Å². The van der Waals surface area contributed by atoms with Gasteiger partial charge < -0.3 is 15.1 Å². The molecule has 1 aliphatic rings. The molecule has 1 amide bonds. The first-order valence-electron chi connectivity index (χ1n) is 7.16. The van der Waals surface area contributed by atoms with E-state index in [2.05, 4.69) is 23.6 Å². The van der Waals surface area contributed by atoms with Gasteiger partial charge in [-0.1, -0.05) is 0 Å². The van der Waals surface area contributed by atoms with Crippen molar-refractivity contribution < 1.29 is 9.21 Å². The molecule has 1 aromatic heterocycles. The van der Waals surface area contributed by atoms with Crippen molar-refractivity contribution in [3.8, 4) is 0 Å². The molecule has 0 bridgehead atoms. The summed E-state index contributed by atoms with van der Waals surface area (Å²) in [5, 5.41) is 7.30. The number of aryl methyl sites for hydroxylation is 2. The first kappa shape index (κ1) is 15.9. The van der Waals surface area contributed by atoms with Crippen LogP contribution in [0.4, 0.5) is 0 Å². The lowest BCUT2D eigenvalue weighted by molar-refractivity contribution is 0.0905. The van der Waals surface area contributed by atoms with Gasteiger partial charge in [0.15, 0.2) is 5.76 Å². The number of carbonyl (C=O) groups excluding carboxylic acids is 1. The maximum Gasteiger partial charge on any atom is 0.287 e. The van der Waals surface area contributed by atoms with Crippen LogP contribution < -0.4 is 10.6 Å². The molecule has 2 heterocycles. The molecule has 2 N–H and O–H groups in total. The Morgan fingerprint density at radius 2 is 2.05 bits per heavy atom. The summed E-state index contributed by atoms with van der Waals surface area (Å²) in [6, 6.07) is 6.08. The molecule has 0 radical (unpaired) electrons. The first-order chi connectivity index (χ1) is 9.63. The lowest BCUT2D eigenvalue weighted by Gasteiger charge is -2.23. The van der Waals surface area contributed by atoms with Gasteiger partial charge in [-0.25, -0.2) is 0 Å². The Balaban J connectivity index is 0.00000161. The van der Waals surface area contributed by atoms with E-state index in [1.165, 1.54) is 11.1 Å². The van der Waals surface area contributed by atoms with E-state index >= 15 is 0 Å². The fourth-order valence-corrected chi connectivity index (χ4v) is 2.65. The first-order valence-corrected chi connectivity index (χ1v) is 7.16. The zero-order valence-corrected chi connectivity index (χ0v) is 13.2. The highest BCUT2D eigenvalue weighted by atomic mass is 35.5. The van der Waals surface area contributed by atoms with Crippen molar-refractivity contribution in [1.82, 2.24) is 10.6 Å². The Bertz CT molecular complexity index is 606. The number of amides is 1. The average Bonchev–Trinajstić information content (AvgIpc) is 2.83. The lowest BCUT2D eigenvalue weighted by Crippen LogP contribution is -2.45. The molecule has 1 saturated heterocycles. The second-order valence-corrected chi connectivity index (χ2v) is 5.60. The van der Waals surface area contributed by atoms with Gasteiger partial charge in [0.25, 0.3) is 5.91 Å². The van der Waals surface area contributed by atoms with Gasteiger partial charge in [0.1, 0.15) is 5.58 Å². The minimum atomic E-state index is -0.120. The van der Waals surface area contributed by atoms with Crippen LogP contribution in [0.2, 0.25) is 0 Å². The van der Waals surface area contributed by atoms with E-state index in [0.717, 1.165) is 36.9 Å². The molecule has 1 atom stereocenters. The fourth-order valence-electron chi connectivity index (χ4n) is 2.65. The van der Waals surface area contributed by atoms with Crippen molar-refractivity contribution in [2.24, 2.45) is 0 Å². The number of fused-ring (bicyclic) bond motifs is 1. The van der Waals surface area contributed by atoms with Crippen LogP contribution in [0.5, 0.6) is 0 Å². The van der Waals surface area contributed by atoms with Gasteiger partial charge in [-0.3, -0.25) is 4.79 Å². The maximum absolute atomic E-state index is 12.2. The van der Waals surface area contributed by atoms with Crippen LogP contribution in [0.25, 0.3) is 11.0 Å². The van der Waals surface area contributed by atoms with E-state index in [0.29, 0.717) is 5.76 Å². The van der Waals surface area contributed by atoms with Gasteiger partial charge in [-0.15, -0.1) is 12.4 Å². The van der Waals surface area contributed by atoms with Crippen molar-refractivity contribution in [3.05, 3.63) is 35.1 Å². The predicted octanol–water partition coefficient (Wildman–Crippen LogP) is 2.95. The van der Waals surface area contributed by atoms with Gasteiger partial charge in [-0.2, -0.15) is 0 Å². The van der Waals surface area contributed by atoms with Crippen LogP contribution in [0.3, 0.4) is 0 Å². The Labute approximate surface area is 130 Å². The topological polar surface area (TPSA) is 54.3 Å². The van der Waals surface area contributed by atoms with Crippen LogP contribution in [0.15, 0.2) is 22.6 Å². The molecule has 21 heavy (non-hydrogen) atoms. The molecule has 1 unspecified atom stereocenters. The molecule has 5 heteroatoms. The van der Waals surface area contributed by atoms with E-state index in [1.54, 1.807) is 0 Å².